The second-order valence-electron chi connectivity index (χ2n) is 9.35. The summed E-state index contributed by atoms with van der Waals surface area (Å²) < 4.78 is 11.2. The topological polar surface area (TPSA) is 135 Å². The van der Waals surface area contributed by atoms with Gasteiger partial charge in [-0.25, -0.2) is 0 Å². The molecule has 2 aliphatic heterocycles. The number of amides is 3. The predicted molar refractivity (Wildman–Crippen MR) is 151 cm³/mol. The highest BCUT2D eigenvalue weighted by Crippen LogP contribution is 2.36. The van der Waals surface area contributed by atoms with Crippen molar-refractivity contribution in [3.05, 3.63) is 80.4 Å². The number of morpholine rings is 1. The molecule has 1 aromatic heterocycles. The number of imide groups is 1. The first kappa shape index (κ1) is 27.2. The van der Waals surface area contributed by atoms with Crippen LogP contribution in [0.4, 0.5) is 21.9 Å². The highest BCUT2D eigenvalue weighted by Gasteiger charge is 2.36. The van der Waals surface area contributed by atoms with Crippen LogP contribution in [-0.2, 0) is 14.3 Å². The molecular weight excluding hydrogens is 536 g/mol. The zero-order valence-electron chi connectivity index (χ0n) is 21.8. The van der Waals surface area contributed by atoms with E-state index in [1.54, 1.807) is 37.3 Å². The maximum absolute atomic E-state index is 13.0. The monoisotopic (exact) mass is 562 g/mol. The summed E-state index contributed by atoms with van der Waals surface area (Å²) in [6.45, 7) is 5.74. The van der Waals surface area contributed by atoms with Crippen molar-refractivity contribution in [1.29, 1.82) is 0 Å². The lowest BCUT2D eigenvalue weighted by Crippen LogP contribution is -2.38. The van der Waals surface area contributed by atoms with Crippen molar-refractivity contribution in [1.82, 2.24) is 4.90 Å². The molecule has 0 bridgehead atoms. The molecule has 0 spiro atoms. The summed E-state index contributed by atoms with van der Waals surface area (Å²) in [6, 6.07) is 13.7. The fourth-order valence-corrected chi connectivity index (χ4v) is 5.30. The predicted octanol–water partition coefficient (Wildman–Crippen LogP) is 4.98. The minimum atomic E-state index is -0.623. The Morgan fingerprint density at radius 3 is 2.58 bits per heavy atom. The summed E-state index contributed by atoms with van der Waals surface area (Å²) in [6.07, 6.45) is 1.40. The first-order valence-electron chi connectivity index (χ1n) is 12.5. The largest absolute Gasteiger partial charge is 0.456 e. The van der Waals surface area contributed by atoms with Crippen LogP contribution in [0.1, 0.15) is 16.9 Å². The van der Waals surface area contributed by atoms with Crippen molar-refractivity contribution >= 4 is 52.0 Å². The van der Waals surface area contributed by atoms with E-state index in [9.17, 15) is 24.5 Å². The molecule has 2 fully saturated rings. The second-order valence-corrected chi connectivity index (χ2v) is 10.3. The van der Waals surface area contributed by atoms with Crippen LogP contribution in [0, 0.1) is 24.0 Å². The molecule has 5 rings (SSSR count). The van der Waals surface area contributed by atoms with E-state index in [1.807, 2.05) is 19.1 Å². The molecule has 206 valence electrons. The average Bonchev–Trinajstić information content (AvgIpc) is 3.50. The number of benzene rings is 2. The van der Waals surface area contributed by atoms with Gasteiger partial charge in [0.25, 0.3) is 16.8 Å². The Labute approximate surface area is 233 Å². The van der Waals surface area contributed by atoms with Gasteiger partial charge in [0.05, 0.1) is 40.0 Å². The number of aryl methyl sites for hydroxylation is 2. The Morgan fingerprint density at radius 1 is 1.10 bits per heavy atom. The molecule has 12 heteroatoms. The molecule has 0 unspecified atom stereocenters. The summed E-state index contributed by atoms with van der Waals surface area (Å²) in [4.78, 5) is 52.7. The number of hydrogen-bond donors (Lipinski definition) is 1. The van der Waals surface area contributed by atoms with Crippen LogP contribution >= 0.6 is 11.8 Å². The van der Waals surface area contributed by atoms with E-state index in [0.29, 0.717) is 49.3 Å². The van der Waals surface area contributed by atoms with Gasteiger partial charge in [-0.1, -0.05) is 12.1 Å². The lowest BCUT2D eigenvalue weighted by molar-refractivity contribution is -0.384. The number of hydrogen-bond acceptors (Lipinski definition) is 9. The molecule has 11 nitrogen and oxygen atoms in total. The number of anilines is 2. The second kappa shape index (κ2) is 11.4. The summed E-state index contributed by atoms with van der Waals surface area (Å²) in [5.41, 5.74) is 3.29. The molecule has 0 atom stereocenters. The molecule has 3 heterocycles. The standard InChI is InChI=1S/C28H26N4O7S/c1-17-13-20(23(32(36)37)14-18(17)2)24-8-7-19(39-24)15-25-27(34)31(28(35)40-25)16-26(33)29-21-5-3-4-6-22(21)30-9-11-38-12-10-30/h3-8,13-15H,9-12,16H2,1-2H3,(H,29,33)/b25-15-. The van der Waals surface area contributed by atoms with Crippen LogP contribution in [0.15, 0.2) is 57.9 Å². The Balaban J connectivity index is 1.29. The van der Waals surface area contributed by atoms with Gasteiger partial charge in [0.2, 0.25) is 5.91 Å². The van der Waals surface area contributed by atoms with E-state index in [-0.39, 0.29) is 22.1 Å². The summed E-state index contributed by atoms with van der Waals surface area (Å²) in [7, 11) is 0. The lowest BCUT2D eigenvalue weighted by atomic mass is 10.0. The number of nitrogens with one attached hydrogen (secondary N) is 1. The molecule has 0 saturated carbocycles. The van der Waals surface area contributed by atoms with Gasteiger partial charge in [-0.05, 0) is 67.1 Å². The van der Waals surface area contributed by atoms with Gasteiger partial charge < -0.3 is 19.4 Å². The number of furan rings is 1. The SMILES string of the molecule is Cc1cc(-c2ccc(/C=C3\SC(=O)N(CC(=O)Nc4ccccc4N4CCOCC4)C3=O)o2)c([N+](=O)[O-])cc1C. The summed E-state index contributed by atoms with van der Waals surface area (Å²) >= 11 is 0.697. The zero-order chi connectivity index (χ0) is 28.4. The fourth-order valence-electron chi connectivity index (χ4n) is 4.48. The van der Waals surface area contributed by atoms with Gasteiger partial charge in [0.1, 0.15) is 18.1 Å². The molecule has 2 saturated heterocycles. The Bertz CT molecular complexity index is 1540. The third-order valence-electron chi connectivity index (χ3n) is 6.68. The van der Waals surface area contributed by atoms with Crippen LogP contribution in [0.5, 0.6) is 0 Å². The van der Waals surface area contributed by atoms with Gasteiger partial charge >= 0.3 is 0 Å². The van der Waals surface area contributed by atoms with Crippen molar-refractivity contribution in [2.75, 3.05) is 43.1 Å². The van der Waals surface area contributed by atoms with Gasteiger partial charge in [-0.2, -0.15) is 0 Å². The van der Waals surface area contributed by atoms with Gasteiger partial charge in [0, 0.05) is 25.2 Å². The average molecular weight is 563 g/mol. The normalized spacial score (nSPS) is 16.6. The lowest BCUT2D eigenvalue weighted by Gasteiger charge is -2.30. The number of ether oxygens (including phenoxy) is 1. The highest BCUT2D eigenvalue weighted by atomic mass is 32.2. The molecule has 3 aromatic rings. The smallest absolute Gasteiger partial charge is 0.294 e. The molecule has 3 amide bonds. The molecular formula is C28H26N4O7S. The van der Waals surface area contributed by atoms with Crippen molar-refractivity contribution in [2.45, 2.75) is 13.8 Å². The van der Waals surface area contributed by atoms with Crippen LogP contribution < -0.4 is 10.2 Å². The molecule has 40 heavy (non-hydrogen) atoms. The quantitative estimate of drug-likeness (QED) is 0.240. The van der Waals surface area contributed by atoms with Gasteiger partial charge in [-0.3, -0.25) is 29.4 Å². The van der Waals surface area contributed by atoms with Gasteiger partial charge in [-0.15, -0.1) is 0 Å². The third kappa shape index (κ3) is 5.63. The minimum Gasteiger partial charge on any atom is -0.456 e. The van der Waals surface area contributed by atoms with Crippen molar-refractivity contribution in [3.8, 4) is 11.3 Å². The molecule has 2 aromatic carbocycles. The van der Waals surface area contributed by atoms with Crippen LogP contribution in [-0.4, -0.2) is 59.7 Å². The number of nitro benzene ring substituents is 1. The molecule has 1 N–H and O–H groups in total. The van der Waals surface area contributed by atoms with E-state index in [0.717, 1.165) is 21.7 Å². The van der Waals surface area contributed by atoms with Crippen LogP contribution in [0.2, 0.25) is 0 Å². The fraction of sp³-hybridized carbons (Fsp3) is 0.250. The van der Waals surface area contributed by atoms with Gasteiger partial charge in [0.15, 0.2) is 0 Å². The number of para-hydroxylation sites is 2. The molecule has 0 aliphatic carbocycles. The maximum atomic E-state index is 13.0. The summed E-state index contributed by atoms with van der Waals surface area (Å²) in [5, 5.41) is 13.8. The van der Waals surface area contributed by atoms with Crippen LogP contribution in [0.25, 0.3) is 17.4 Å². The number of carbonyl (C=O) groups excluding carboxylic acids is 3. The minimum absolute atomic E-state index is 0.0852. The number of carbonyl (C=O) groups is 3. The Morgan fingerprint density at radius 2 is 1.82 bits per heavy atom. The number of thioether (sulfide) groups is 1. The number of nitro groups is 1. The molecule has 0 radical (unpaired) electrons. The first-order valence-corrected chi connectivity index (χ1v) is 13.4. The van der Waals surface area contributed by atoms with Crippen LogP contribution in [0.3, 0.4) is 0 Å². The van der Waals surface area contributed by atoms with Crippen molar-refractivity contribution < 1.29 is 28.5 Å². The summed E-state index contributed by atoms with van der Waals surface area (Å²) in [5.74, 6) is -0.621. The molecule has 2 aliphatic rings. The maximum Gasteiger partial charge on any atom is 0.294 e. The van der Waals surface area contributed by atoms with E-state index in [1.165, 1.54) is 12.1 Å². The highest BCUT2D eigenvalue weighted by molar-refractivity contribution is 8.18. The van der Waals surface area contributed by atoms with Crippen molar-refractivity contribution in [2.24, 2.45) is 0 Å². The van der Waals surface area contributed by atoms with E-state index in [2.05, 4.69) is 10.2 Å². The van der Waals surface area contributed by atoms with Crippen molar-refractivity contribution in [3.63, 3.8) is 0 Å². The Kier molecular flexibility index (Phi) is 7.71. The van der Waals surface area contributed by atoms with E-state index >= 15 is 0 Å². The Hall–Kier alpha value is -4.42. The number of nitrogens with zero attached hydrogens (tertiary/aromatic N) is 3. The van der Waals surface area contributed by atoms with E-state index in [4.69, 9.17) is 9.15 Å². The van der Waals surface area contributed by atoms with E-state index < -0.39 is 28.5 Å². The zero-order valence-corrected chi connectivity index (χ0v) is 22.7. The third-order valence-corrected chi connectivity index (χ3v) is 7.59. The number of rotatable bonds is 7. The first-order chi connectivity index (χ1) is 19.2.